The Labute approximate surface area is 71.2 Å². The fourth-order valence-electron chi connectivity index (χ4n) is 0.777. The van der Waals surface area contributed by atoms with Gasteiger partial charge in [0.25, 0.3) is 5.91 Å². The summed E-state index contributed by atoms with van der Waals surface area (Å²) in [6.45, 7) is 3.44. The molecule has 4 nitrogen and oxygen atoms in total. The zero-order chi connectivity index (χ0) is 9.19. The van der Waals surface area contributed by atoms with Crippen molar-refractivity contribution in [1.82, 2.24) is 9.55 Å². The van der Waals surface area contributed by atoms with Gasteiger partial charge in [-0.05, 0) is 13.8 Å². The number of imidazole rings is 1. The highest BCUT2D eigenvalue weighted by Gasteiger charge is 2.27. The van der Waals surface area contributed by atoms with E-state index in [1.807, 2.05) is 0 Å². The van der Waals surface area contributed by atoms with Crippen LogP contribution in [0.1, 0.15) is 18.6 Å². The summed E-state index contributed by atoms with van der Waals surface area (Å²) in [7, 11) is 1.51. The monoisotopic (exact) mass is 168 g/mol. The highest BCUT2D eigenvalue weighted by Crippen LogP contribution is 2.10. The smallest absolute Gasteiger partial charge is 0.263 e. The van der Waals surface area contributed by atoms with Crippen molar-refractivity contribution in [2.45, 2.75) is 19.4 Å². The van der Waals surface area contributed by atoms with Crippen molar-refractivity contribution in [1.29, 1.82) is 0 Å². The normalized spacial score (nSPS) is 11.6. The van der Waals surface area contributed by atoms with Crippen LogP contribution in [0.5, 0.6) is 0 Å². The molecular weight excluding hydrogens is 156 g/mol. The Morgan fingerprint density at radius 1 is 1.58 bits per heavy atom. The van der Waals surface area contributed by atoms with Crippen LogP contribution in [-0.2, 0) is 4.74 Å². The number of rotatable bonds is 2. The third-order valence-electron chi connectivity index (χ3n) is 1.76. The molecule has 1 aromatic rings. The van der Waals surface area contributed by atoms with Crippen LogP contribution in [0, 0.1) is 0 Å². The topological polar surface area (TPSA) is 44.1 Å². The lowest BCUT2D eigenvalue weighted by atomic mass is 10.1. The first-order valence-corrected chi connectivity index (χ1v) is 3.66. The molecule has 4 heteroatoms. The number of nitrogens with zero attached hydrogens (tertiary/aromatic N) is 2. The van der Waals surface area contributed by atoms with Crippen LogP contribution in [0.4, 0.5) is 0 Å². The first-order valence-electron chi connectivity index (χ1n) is 3.66. The number of methoxy groups -OCH3 is 1. The van der Waals surface area contributed by atoms with Gasteiger partial charge in [-0.2, -0.15) is 0 Å². The number of aromatic nitrogens is 2. The van der Waals surface area contributed by atoms with E-state index in [9.17, 15) is 4.79 Å². The minimum atomic E-state index is -0.791. The van der Waals surface area contributed by atoms with Crippen LogP contribution < -0.4 is 0 Å². The predicted molar refractivity (Wildman–Crippen MR) is 43.9 cm³/mol. The number of hydrogen-bond donors (Lipinski definition) is 0. The molecule has 0 unspecified atom stereocenters. The standard InChI is InChI=1S/C8H12N2O2/c1-8(2,12-3)7(11)10-5-4-9-6-10/h4-6H,1-3H3. The second-order valence-corrected chi connectivity index (χ2v) is 2.99. The van der Waals surface area contributed by atoms with Crippen molar-refractivity contribution in [2.75, 3.05) is 7.11 Å². The Balaban J connectivity index is 2.86. The summed E-state index contributed by atoms with van der Waals surface area (Å²) >= 11 is 0. The molecule has 0 N–H and O–H groups in total. The summed E-state index contributed by atoms with van der Waals surface area (Å²) in [6, 6.07) is 0. The average molecular weight is 168 g/mol. The minimum absolute atomic E-state index is 0.123. The summed E-state index contributed by atoms with van der Waals surface area (Å²) in [6.07, 6.45) is 4.62. The zero-order valence-corrected chi connectivity index (χ0v) is 7.44. The van der Waals surface area contributed by atoms with Gasteiger partial charge in [0, 0.05) is 19.5 Å². The lowest BCUT2D eigenvalue weighted by Gasteiger charge is -2.20. The SMILES string of the molecule is COC(C)(C)C(=O)n1ccnc1. The van der Waals surface area contributed by atoms with Gasteiger partial charge in [0.1, 0.15) is 11.9 Å². The maximum absolute atomic E-state index is 11.6. The number of carbonyl (C=O) groups is 1. The molecular formula is C8H12N2O2. The zero-order valence-electron chi connectivity index (χ0n) is 7.44. The highest BCUT2D eigenvalue weighted by molar-refractivity contribution is 5.86. The van der Waals surface area contributed by atoms with Gasteiger partial charge in [-0.25, -0.2) is 4.98 Å². The summed E-state index contributed by atoms with van der Waals surface area (Å²) in [5.41, 5.74) is -0.791. The Morgan fingerprint density at radius 2 is 2.25 bits per heavy atom. The molecule has 0 saturated heterocycles. The van der Waals surface area contributed by atoms with E-state index in [4.69, 9.17) is 4.74 Å². The number of ether oxygens (including phenoxy) is 1. The first-order chi connectivity index (χ1) is 5.58. The Bertz CT molecular complexity index is 265. The van der Waals surface area contributed by atoms with Crippen LogP contribution in [-0.4, -0.2) is 28.2 Å². The summed E-state index contributed by atoms with van der Waals surface area (Å²) in [5.74, 6) is -0.123. The van der Waals surface area contributed by atoms with E-state index in [-0.39, 0.29) is 5.91 Å². The Hall–Kier alpha value is -1.16. The van der Waals surface area contributed by atoms with E-state index in [0.717, 1.165) is 0 Å². The molecule has 12 heavy (non-hydrogen) atoms. The summed E-state index contributed by atoms with van der Waals surface area (Å²) in [4.78, 5) is 15.3. The van der Waals surface area contributed by atoms with Gasteiger partial charge < -0.3 is 4.74 Å². The van der Waals surface area contributed by atoms with Crippen LogP contribution in [0.2, 0.25) is 0 Å². The molecule has 1 rings (SSSR count). The van der Waals surface area contributed by atoms with Crippen molar-refractivity contribution < 1.29 is 9.53 Å². The van der Waals surface area contributed by atoms with Gasteiger partial charge in [0.05, 0.1) is 0 Å². The molecule has 1 heterocycles. The molecule has 0 fully saturated rings. The van der Waals surface area contributed by atoms with Crippen LogP contribution in [0.15, 0.2) is 18.7 Å². The van der Waals surface area contributed by atoms with E-state index < -0.39 is 5.60 Å². The first kappa shape index (κ1) is 8.93. The van der Waals surface area contributed by atoms with Crippen molar-refractivity contribution in [3.63, 3.8) is 0 Å². The van der Waals surface area contributed by atoms with E-state index >= 15 is 0 Å². The van der Waals surface area contributed by atoms with Gasteiger partial charge >= 0.3 is 0 Å². The van der Waals surface area contributed by atoms with Crippen molar-refractivity contribution in [3.8, 4) is 0 Å². The lowest BCUT2D eigenvalue weighted by molar-refractivity contribution is 0.0145. The molecule has 0 aliphatic heterocycles. The average Bonchev–Trinajstić information content (AvgIpc) is 2.55. The maximum Gasteiger partial charge on any atom is 0.263 e. The highest BCUT2D eigenvalue weighted by atomic mass is 16.5. The van der Waals surface area contributed by atoms with Gasteiger partial charge in [-0.1, -0.05) is 0 Å². The molecule has 1 aromatic heterocycles. The fraction of sp³-hybridized carbons (Fsp3) is 0.500. The second-order valence-electron chi connectivity index (χ2n) is 2.99. The van der Waals surface area contributed by atoms with E-state index in [2.05, 4.69) is 4.98 Å². The van der Waals surface area contributed by atoms with Crippen molar-refractivity contribution in [2.24, 2.45) is 0 Å². The largest absolute Gasteiger partial charge is 0.369 e. The molecule has 66 valence electrons. The lowest BCUT2D eigenvalue weighted by Crippen LogP contribution is -2.37. The third-order valence-corrected chi connectivity index (χ3v) is 1.76. The van der Waals surface area contributed by atoms with Crippen molar-refractivity contribution >= 4 is 5.91 Å². The van der Waals surface area contributed by atoms with Gasteiger partial charge in [-0.3, -0.25) is 9.36 Å². The van der Waals surface area contributed by atoms with Gasteiger partial charge in [0.2, 0.25) is 0 Å². The predicted octanol–water partition coefficient (Wildman–Crippen LogP) is 0.948. The molecule has 0 aliphatic rings. The van der Waals surface area contributed by atoms with E-state index in [1.165, 1.54) is 18.0 Å². The molecule has 0 bridgehead atoms. The molecule has 0 radical (unpaired) electrons. The van der Waals surface area contributed by atoms with E-state index in [0.29, 0.717) is 0 Å². The molecule has 0 amide bonds. The van der Waals surface area contributed by atoms with Crippen LogP contribution in [0.25, 0.3) is 0 Å². The molecule has 0 aliphatic carbocycles. The Kier molecular flexibility index (Phi) is 2.28. The van der Waals surface area contributed by atoms with Crippen molar-refractivity contribution in [3.05, 3.63) is 18.7 Å². The molecule has 0 saturated carbocycles. The fourth-order valence-corrected chi connectivity index (χ4v) is 0.777. The molecule has 0 aromatic carbocycles. The minimum Gasteiger partial charge on any atom is -0.369 e. The van der Waals surface area contributed by atoms with Crippen LogP contribution >= 0.6 is 0 Å². The summed E-state index contributed by atoms with van der Waals surface area (Å²) < 4.78 is 6.43. The number of carbonyl (C=O) groups excluding carboxylic acids is 1. The van der Waals surface area contributed by atoms with Gasteiger partial charge in [0.15, 0.2) is 0 Å². The Morgan fingerprint density at radius 3 is 2.67 bits per heavy atom. The van der Waals surface area contributed by atoms with Gasteiger partial charge in [-0.15, -0.1) is 0 Å². The second kappa shape index (κ2) is 3.06. The quantitative estimate of drug-likeness (QED) is 0.660. The molecule has 0 spiro atoms. The van der Waals surface area contributed by atoms with Crippen LogP contribution in [0.3, 0.4) is 0 Å². The number of hydrogen-bond acceptors (Lipinski definition) is 3. The summed E-state index contributed by atoms with van der Waals surface area (Å²) in [5, 5.41) is 0. The maximum atomic E-state index is 11.6. The molecule has 0 atom stereocenters. The third kappa shape index (κ3) is 1.53. The van der Waals surface area contributed by atoms with E-state index in [1.54, 1.807) is 26.2 Å².